The highest BCUT2D eigenvalue weighted by Gasteiger charge is 2.05. The molecule has 3 heteroatoms. The summed E-state index contributed by atoms with van der Waals surface area (Å²) in [5, 5.41) is 0. The van der Waals surface area contributed by atoms with E-state index in [1.807, 2.05) is 6.92 Å². The summed E-state index contributed by atoms with van der Waals surface area (Å²) < 4.78 is 13.2. The lowest BCUT2D eigenvalue weighted by Crippen LogP contribution is -2.12. The quantitative estimate of drug-likeness (QED) is 0.670. The van der Waals surface area contributed by atoms with Gasteiger partial charge in [-0.3, -0.25) is 0 Å². The Morgan fingerprint density at radius 1 is 1.50 bits per heavy atom. The van der Waals surface area contributed by atoms with Crippen molar-refractivity contribution in [2.24, 2.45) is 0 Å². The van der Waals surface area contributed by atoms with Gasteiger partial charge in [0.05, 0.1) is 0 Å². The summed E-state index contributed by atoms with van der Waals surface area (Å²) in [7, 11) is 3.55. The van der Waals surface area contributed by atoms with E-state index in [4.69, 9.17) is 0 Å². The predicted octanol–water partition coefficient (Wildman–Crippen LogP) is 1.85. The predicted molar refractivity (Wildman–Crippen MR) is 47.9 cm³/mol. The van der Waals surface area contributed by atoms with E-state index in [1.165, 1.54) is 6.07 Å². The number of aromatic nitrogens is 1. The molecule has 0 spiro atoms. The van der Waals surface area contributed by atoms with E-state index in [9.17, 15) is 4.39 Å². The standard InChI is InChI=1S/C9H13FN2/c1-4-7-5-8(10)9(11-6-7)12(2)3/h5-6H,4H2,1-3H3. The molecule has 0 bridgehead atoms. The lowest BCUT2D eigenvalue weighted by atomic mass is 10.2. The lowest BCUT2D eigenvalue weighted by Gasteiger charge is -2.12. The summed E-state index contributed by atoms with van der Waals surface area (Å²) in [5.41, 5.74) is 0.929. The molecule has 1 aromatic rings. The number of halogens is 1. The van der Waals surface area contributed by atoms with Gasteiger partial charge < -0.3 is 4.90 Å². The number of rotatable bonds is 2. The molecule has 0 unspecified atom stereocenters. The van der Waals surface area contributed by atoms with Crippen LogP contribution in [0.25, 0.3) is 0 Å². The molecule has 0 fully saturated rings. The van der Waals surface area contributed by atoms with Crippen LogP contribution in [0.5, 0.6) is 0 Å². The van der Waals surface area contributed by atoms with Crippen LogP contribution in [-0.2, 0) is 6.42 Å². The zero-order chi connectivity index (χ0) is 9.14. The molecule has 0 amide bonds. The monoisotopic (exact) mass is 168 g/mol. The fourth-order valence-electron chi connectivity index (χ4n) is 0.993. The minimum Gasteiger partial charge on any atom is -0.360 e. The highest BCUT2D eigenvalue weighted by Crippen LogP contribution is 2.14. The van der Waals surface area contributed by atoms with E-state index < -0.39 is 0 Å². The van der Waals surface area contributed by atoms with E-state index in [1.54, 1.807) is 25.2 Å². The summed E-state index contributed by atoms with van der Waals surface area (Å²) in [6, 6.07) is 1.53. The Bertz CT molecular complexity index is 271. The van der Waals surface area contributed by atoms with Crippen LogP contribution in [0, 0.1) is 5.82 Å². The smallest absolute Gasteiger partial charge is 0.165 e. The van der Waals surface area contributed by atoms with Crippen LogP contribution in [0.2, 0.25) is 0 Å². The van der Waals surface area contributed by atoms with Crippen LogP contribution in [0.4, 0.5) is 10.2 Å². The number of hydrogen-bond acceptors (Lipinski definition) is 2. The molecular weight excluding hydrogens is 155 g/mol. The second-order valence-electron chi connectivity index (χ2n) is 2.90. The molecule has 0 atom stereocenters. The fraction of sp³-hybridized carbons (Fsp3) is 0.444. The van der Waals surface area contributed by atoms with Crippen molar-refractivity contribution in [3.8, 4) is 0 Å². The van der Waals surface area contributed by atoms with Crippen molar-refractivity contribution in [2.45, 2.75) is 13.3 Å². The Kier molecular flexibility index (Phi) is 2.63. The van der Waals surface area contributed by atoms with Gasteiger partial charge in [0.2, 0.25) is 0 Å². The highest BCUT2D eigenvalue weighted by molar-refractivity contribution is 5.39. The largest absolute Gasteiger partial charge is 0.360 e. The van der Waals surface area contributed by atoms with Crippen LogP contribution in [-0.4, -0.2) is 19.1 Å². The van der Waals surface area contributed by atoms with Gasteiger partial charge in [-0.25, -0.2) is 9.37 Å². The van der Waals surface area contributed by atoms with Gasteiger partial charge in [-0.15, -0.1) is 0 Å². The van der Waals surface area contributed by atoms with E-state index >= 15 is 0 Å². The molecule has 0 aliphatic carbocycles. The molecule has 0 aliphatic heterocycles. The first-order valence-electron chi connectivity index (χ1n) is 3.97. The number of nitrogens with zero attached hydrogens (tertiary/aromatic N) is 2. The molecular formula is C9H13FN2. The number of pyridine rings is 1. The minimum absolute atomic E-state index is 0.251. The maximum atomic E-state index is 13.2. The van der Waals surface area contributed by atoms with Gasteiger partial charge in [-0.1, -0.05) is 6.92 Å². The summed E-state index contributed by atoms with van der Waals surface area (Å²) in [6.07, 6.45) is 2.52. The van der Waals surface area contributed by atoms with Crippen molar-refractivity contribution in [3.63, 3.8) is 0 Å². The Morgan fingerprint density at radius 3 is 2.58 bits per heavy atom. The Balaban J connectivity index is 3.03. The topological polar surface area (TPSA) is 16.1 Å². The van der Waals surface area contributed by atoms with Crippen LogP contribution in [0.15, 0.2) is 12.3 Å². The number of hydrogen-bond donors (Lipinski definition) is 0. The molecule has 0 saturated heterocycles. The van der Waals surface area contributed by atoms with Crippen molar-refractivity contribution < 1.29 is 4.39 Å². The summed E-state index contributed by atoms with van der Waals surface area (Å²) in [6.45, 7) is 1.98. The number of aryl methyl sites for hydroxylation is 1. The maximum Gasteiger partial charge on any atom is 0.165 e. The van der Waals surface area contributed by atoms with Crippen LogP contribution in [0.3, 0.4) is 0 Å². The van der Waals surface area contributed by atoms with Gasteiger partial charge in [0.25, 0.3) is 0 Å². The van der Waals surface area contributed by atoms with Crippen LogP contribution in [0.1, 0.15) is 12.5 Å². The first kappa shape index (κ1) is 8.97. The average Bonchev–Trinajstić information content (AvgIpc) is 2.03. The van der Waals surface area contributed by atoms with E-state index in [-0.39, 0.29) is 5.82 Å². The second-order valence-corrected chi connectivity index (χ2v) is 2.90. The zero-order valence-corrected chi connectivity index (χ0v) is 7.63. The Morgan fingerprint density at radius 2 is 2.17 bits per heavy atom. The third-order valence-electron chi connectivity index (χ3n) is 1.71. The van der Waals surface area contributed by atoms with Gasteiger partial charge >= 0.3 is 0 Å². The highest BCUT2D eigenvalue weighted by atomic mass is 19.1. The molecule has 1 aromatic heterocycles. The van der Waals surface area contributed by atoms with E-state index in [0.29, 0.717) is 5.82 Å². The molecule has 0 saturated carbocycles. The lowest BCUT2D eigenvalue weighted by molar-refractivity contribution is 0.617. The normalized spacial score (nSPS) is 10.0. The third kappa shape index (κ3) is 1.72. The molecule has 0 radical (unpaired) electrons. The molecule has 66 valence electrons. The molecule has 2 nitrogen and oxygen atoms in total. The van der Waals surface area contributed by atoms with Crippen molar-refractivity contribution in [2.75, 3.05) is 19.0 Å². The SMILES string of the molecule is CCc1cnc(N(C)C)c(F)c1. The summed E-state index contributed by atoms with van der Waals surface area (Å²) in [5.74, 6) is 0.145. The van der Waals surface area contributed by atoms with Crippen molar-refractivity contribution in [3.05, 3.63) is 23.6 Å². The Hall–Kier alpha value is -1.12. The summed E-state index contributed by atoms with van der Waals surface area (Å²) in [4.78, 5) is 5.66. The van der Waals surface area contributed by atoms with Crippen molar-refractivity contribution >= 4 is 5.82 Å². The zero-order valence-electron chi connectivity index (χ0n) is 7.63. The van der Waals surface area contributed by atoms with Crippen molar-refractivity contribution in [1.29, 1.82) is 0 Å². The van der Waals surface area contributed by atoms with Crippen LogP contribution >= 0.6 is 0 Å². The molecule has 12 heavy (non-hydrogen) atoms. The van der Waals surface area contributed by atoms with Gasteiger partial charge in [-0.05, 0) is 18.1 Å². The number of anilines is 1. The van der Waals surface area contributed by atoms with Gasteiger partial charge in [0.1, 0.15) is 0 Å². The van der Waals surface area contributed by atoms with Gasteiger partial charge in [0, 0.05) is 20.3 Å². The van der Waals surface area contributed by atoms with Crippen LogP contribution < -0.4 is 4.90 Å². The van der Waals surface area contributed by atoms with E-state index in [0.717, 1.165) is 12.0 Å². The first-order valence-corrected chi connectivity index (χ1v) is 3.97. The Labute approximate surface area is 72.0 Å². The van der Waals surface area contributed by atoms with Crippen molar-refractivity contribution in [1.82, 2.24) is 4.98 Å². The molecule has 0 aromatic carbocycles. The van der Waals surface area contributed by atoms with Gasteiger partial charge in [0.15, 0.2) is 11.6 Å². The third-order valence-corrected chi connectivity index (χ3v) is 1.71. The van der Waals surface area contributed by atoms with E-state index in [2.05, 4.69) is 4.98 Å². The minimum atomic E-state index is -0.251. The first-order chi connectivity index (χ1) is 5.65. The fourth-order valence-corrected chi connectivity index (χ4v) is 0.993. The molecule has 0 aliphatic rings. The molecule has 1 heterocycles. The maximum absolute atomic E-state index is 13.2. The molecule has 1 rings (SSSR count). The average molecular weight is 168 g/mol. The molecule has 0 N–H and O–H groups in total. The van der Waals surface area contributed by atoms with Gasteiger partial charge in [-0.2, -0.15) is 0 Å². The summed E-state index contributed by atoms with van der Waals surface area (Å²) >= 11 is 0. The second kappa shape index (κ2) is 3.52.